The van der Waals surface area contributed by atoms with Crippen LogP contribution in [-0.4, -0.2) is 59.9 Å². The molecule has 3 unspecified atom stereocenters. The van der Waals surface area contributed by atoms with Gasteiger partial charge in [-0.1, -0.05) is 20.8 Å². The maximum Gasteiger partial charge on any atom is 0.248 e. The number of carbonyl (C=O) groups is 2. The van der Waals surface area contributed by atoms with Crippen molar-refractivity contribution in [2.75, 3.05) is 20.6 Å². The lowest BCUT2D eigenvalue weighted by Gasteiger charge is -2.48. The minimum absolute atomic E-state index is 0.0225. The van der Waals surface area contributed by atoms with E-state index in [9.17, 15) is 9.59 Å². The summed E-state index contributed by atoms with van der Waals surface area (Å²) < 4.78 is 0. The van der Waals surface area contributed by atoms with E-state index in [1.807, 2.05) is 53.6 Å². The summed E-state index contributed by atoms with van der Waals surface area (Å²) in [7, 11) is 4.04. The summed E-state index contributed by atoms with van der Waals surface area (Å²) in [6, 6.07) is -0.307. The second-order valence-electron chi connectivity index (χ2n) is 7.02. The van der Waals surface area contributed by atoms with Crippen molar-refractivity contribution < 1.29 is 9.59 Å². The normalized spacial score (nSPS) is 28.2. The second kappa shape index (κ2) is 6.77. The molecule has 122 valence electrons. The fraction of sp³-hybridized carbons (Fsp3) is 0.875. The standard InChI is InChI=1S/C16H31N3O2/c1-8-16(5)15(21)19(12(4)9-10-18(6)7)13(11(2)3)14(20)17-16/h11-13H,8-10H2,1-7H3,(H,17,20). The lowest BCUT2D eigenvalue weighted by atomic mass is 9.87. The molecular formula is C16H31N3O2. The van der Waals surface area contributed by atoms with Gasteiger partial charge in [0.05, 0.1) is 0 Å². The average molecular weight is 297 g/mol. The van der Waals surface area contributed by atoms with Crippen LogP contribution in [0.25, 0.3) is 0 Å². The largest absolute Gasteiger partial charge is 0.340 e. The van der Waals surface area contributed by atoms with E-state index in [1.54, 1.807) is 0 Å². The van der Waals surface area contributed by atoms with Crippen molar-refractivity contribution in [2.45, 2.75) is 65.1 Å². The van der Waals surface area contributed by atoms with E-state index in [-0.39, 0.29) is 29.8 Å². The molecule has 1 aliphatic heterocycles. The number of hydrogen-bond donors (Lipinski definition) is 1. The van der Waals surface area contributed by atoms with Gasteiger partial charge in [-0.25, -0.2) is 0 Å². The highest BCUT2D eigenvalue weighted by atomic mass is 16.2. The summed E-state index contributed by atoms with van der Waals surface area (Å²) in [5.74, 6) is 0.136. The summed E-state index contributed by atoms with van der Waals surface area (Å²) in [6.07, 6.45) is 1.48. The van der Waals surface area contributed by atoms with Crippen LogP contribution in [0.15, 0.2) is 0 Å². The highest BCUT2D eigenvalue weighted by molar-refractivity contribution is 5.99. The molecular weight excluding hydrogens is 266 g/mol. The first kappa shape index (κ1) is 18.0. The van der Waals surface area contributed by atoms with Crippen LogP contribution in [-0.2, 0) is 9.59 Å². The Morgan fingerprint density at radius 1 is 1.29 bits per heavy atom. The van der Waals surface area contributed by atoms with Crippen molar-refractivity contribution >= 4 is 11.8 Å². The Kier molecular flexibility index (Phi) is 5.79. The predicted molar refractivity (Wildman–Crippen MR) is 84.9 cm³/mol. The van der Waals surface area contributed by atoms with Crippen molar-refractivity contribution in [3.05, 3.63) is 0 Å². The molecule has 5 heteroatoms. The van der Waals surface area contributed by atoms with E-state index in [2.05, 4.69) is 10.2 Å². The van der Waals surface area contributed by atoms with Crippen LogP contribution in [0, 0.1) is 5.92 Å². The van der Waals surface area contributed by atoms with Gasteiger partial charge in [-0.05, 0) is 53.2 Å². The molecule has 1 rings (SSSR count). The van der Waals surface area contributed by atoms with Gasteiger partial charge in [0.15, 0.2) is 0 Å². The van der Waals surface area contributed by atoms with E-state index in [4.69, 9.17) is 0 Å². The summed E-state index contributed by atoms with van der Waals surface area (Å²) >= 11 is 0. The number of hydrogen-bond acceptors (Lipinski definition) is 3. The Hall–Kier alpha value is -1.10. The molecule has 1 fully saturated rings. The van der Waals surface area contributed by atoms with Gasteiger partial charge in [0.1, 0.15) is 11.6 Å². The zero-order valence-electron chi connectivity index (χ0n) is 14.6. The summed E-state index contributed by atoms with van der Waals surface area (Å²) in [6.45, 7) is 10.7. The first-order valence-corrected chi connectivity index (χ1v) is 7.93. The molecule has 0 spiro atoms. The Morgan fingerprint density at radius 3 is 2.29 bits per heavy atom. The third-order valence-electron chi connectivity index (χ3n) is 4.48. The number of rotatable bonds is 6. The van der Waals surface area contributed by atoms with Gasteiger partial charge in [-0.15, -0.1) is 0 Å². The molecule has 3 atom stereocenters. The molecule has 1 saturated heterocycles. The molecule has 5 nitrogen and oxygen atoms in total. The van der Waals surface area contributed by atoms with Gasteiger partial charge in [0.25, 0.3) is 0 Å². The van der Waals surface area contributed by atoms with Crippen LogP contribution < -0.4 is 5.32 Å². The molecule has 0 aromatic carbocycles. The van der Waals surface area contributed by atoms with Crippen molar-refractivity contribution in [1.29, 1.82) is 0 Å². The molecule has 1 aliphatic rings. The number of amides is 2. The van der Waals surface area contributed by atoms with Crippen LogP contribution >= 0.6 is 0 Å². The molecule has 0 bridgehead atoms. The van der Waals surface area contributed by atoms with Gasteiger partial charge < -0.3 is 15.1 Å². The highest BCUT2D eigenvalue weighted by Gasteiger charge is 2.49. The van der Waals surface area contributed by atoms with Crippen LogP contribution in [0.2, 0.25) is 0 Å². The lowest BCUT2D eigenvalue weighted by molar-refractivity contribution is -0.159. The molecule has 0 aromatic heterocycles. The quantitative estimate of drug-likeness (QED) is 0.808. The maximum absolute atomic E-state index is 12.9. The van der Waals surface area contributed by atoms with E-state index >= 15 is 0 Å². The molecule has 0 aliphatic carbocycles. The van der Waals surface area contributed by atoms with Crippen molar-refractivity contribution in [1.82, 2.24) is 15.1 Å². The number of nitrogens with one attached hydrogen (secondary N) is 1. The van der Waals surface area contributed by atoms with E-state index in [1.165, 1.54) is 0 Å². The fourth-order valence-electron chi connectivity index (χ4n) is 2.86. The minimum Gasteiger partial charge on any atom is -0.340 e. The predicted octanol–water partition coefficient (Wildman–Crippen LogP) is 1.48. The molecule has 0 aromatic rings. The smallest absolute Gasteiger partial charge is 0.248 e. The van der Waals surface area contributed by atoms with E-state index in [0.29, 0.717) is 6.42 Å². The minimum atomic E-state index is -0.769. The van der Waals surface area contributed by atoms with Crippen LogP contribution in [0.5, 0.6) is 0 Å². The zero-order chi connectivity index (χ0) is 16.4. The first-order valence-electron chi connectivity index (χ1n) is 7.93. The van der Waals surface area contributed by atoms with E-state index < -0.39 is 5.54 Å². The monoisotopic (exact) mass is 297 g/mol. The van der Waals surface area contributed by atoms with Crippen molar-refractivity contribution in [3.8, 4) is 0 Å². The maximum atomic E-state index is 12.9. The zero-order valence-corrected chi connectivity index (χ0v) is 14.6. The summed E-state index contributed by atoms with van der Waals surface area (Å²) in [5, 5.41) is 2.93. The molecule has 0 radical (unpaired) electrons. The molecule has 2 amide bonds. The first-order chi connectivity index (χ1) is 9.64. The van der Waals surface area contributed by atoms with Crippen LogP contribution in [0.1, 0.15) is 47.5 Å². The van der Waals surface area contributed by atoms with Gasteiger partial charge >= 0.3 is 0 Å². The van der Waals surface area contributed by atoms with Crippen LogP contribution in [0.4, 0.5) is 0 Å². The molecule has 1 N–H and O–H groups in total. The van der Waals surface area contributed by atoms with Crippen molar-refractivity contribution in [2.24, 2.45) is 5.92 Å². The Morgan fingerprint density at radius 2 is 1.86 bits per heavy atom. The number of nitrogens with zero attached hydrogens (tertiary/aromatic N) is 2. The number of carbonyl (C=O) groups excluding carboxylic acids is 2. The summed E-state index contributed by atoms with van der Waals surface area (Å²) in [4.78, 5) is 29.4. The molecule has 0 saturated carbocycles. The second-order valence-corrected chi connectivity index (χ2v) is 7.02. The Bertz CT molecular complexity index is 395. The van der Waals surface area contributed by atoms with E-state index in [0.717, 1.165) is 13.0 Å². The van der Waals surface area contributed by atoms with Crippen molar-refractivity contribution in [3.63, 3.8) is 0 Å². The fourth-order valence-corrected chi connectivity index (χ4v) is 2.86. The van der Waals surface area contributed by atoms with Crippen LogP contribution in [0.3, 0.4) is 0 Å². The third kappa shape index (κ3) is 3.76. The van der Waals surface area contributed by atoms with Gasteiger partial charge in [0, 0.05) is 6.04 Å². The van der Waals surface area contributed by atoms with Gasteiger partial charge in [-0.3, -0.25) is 9.59 Å². The Labute approximate surface area is 129 Å². The van der Waals surface area contributed by atoms with Gasteiger partial charge in [0.2, 0.25) is 11.8 Å². The topological polar surface area (TPSA) is 52.7 Å². The average Bonchev–Trinajstić information content (AvgIpc) is 2.39. The molecule has 21 heavy (non-hydrogen) atoms. The number of piperazine rings is 1. The Balaban J connectivity index is 3.05. The third-order valence-corrected chi connectivity index (χ3v) is 4.48. The highest BCUT2D eigenvalue weighted by Crippen LogP contribution is 2.27. The lowest BCUT2D eigenvalue weighted by Crippen LogP contribution is -2.71. The SMILES string of the molecule is CCC1(C)NC(=O)C(C(C)C)N(C(C)CCN(C)C)C1=O. The summed E-state index contributed by atoms with van der Waals surface area (Å²) in [5.41, 5.74) is -0.769. The van der Waals surface area contributed by atoms with Gasteiger partial charge in [-0.2, -0.15) is 0 Å². The molecule has 1 heterocycles.